The predicted molar refractivity (Wildman–Crippen MR) is 71.7 cm³/mol. The van der Waals surface area contributed by atoms with Crippen molar-refractivity contribution in [1.29, 1.82) is 0 Å². The van der Waals surface area contributed by atoms with Crippen molar-refractivity contribution in [2.75, 3.05) is 20.8 Å². The topological polar surface area (TPSA) is 44.5 Å². The third-order valence-corrected chi connectivity index (χ3v) is 2.64. The molecule has 0 saturated heterocycles. The van der Waals surface area contributed by atoms with E-state index >= 15 is 0 Å². The first kappa shape index (κ1) is 13.6. The molecule has 0 aliphatic rings. The molecule has 0 bridgehead atoms. The molecule has 0 spiro atoms. The molecule has 0 radical (unpaired) electrons. The molecule has 0 unspecified atom stereocenters. The predicted octanol–water partition coefficient (Wildman–Crippen LogP) is 2.80. The second-order valence-corrected chi connectivity index (χ2v) is 4.09. The summed E-state index contributed by atoms with van der Waals surface area (Å²) < 4.78 is 10.8. The van der Waals surface area contributed by atoms with Crippen molar-refractivity contribution >= 4 is 6.08 Å². The maximum absolute atomic E-state index is 5.51. The monoisotopic (exact) mass is 235 g/mol. The van der Waals surface area contributed by atoms with Crippen LogP contribution in [0.25, 0.3) is 6.08 Å². The Bertz CT molecular complexity index is 397. The lowest BCUT2D eigenvalue weighted by Gasteiger charge is -2.17. The minimum Gasteiger partial charge on any atom is -0.496 e. The van der Waals surface area contributed by atoms with E-state index in [0.717, 1.165) is 22.6 Å². The fraction of sp³-hybridized carbons (Fsp3) is 0.429. The molecular weight excluding hydrogens is 214 g/mol. The van der Waals surface area contributed by atoms with E-state index in [0.29, 0.717) is 12.5 Å². The number of hydrogen-bond donors (Lipinski definition) is 1. The van der Waals surface area contributed by atoms with Gasteiger partial charge in [-0.3, -0.25) is 0 Å². The van der Waals surface area contributed by atoms with E-state index in [1.165, 1.54) is 0 Å². The van der Waals surface area contributed by atoms with Gasteiger partial charge in [-0.25, -0.2) is 0 Å². The first-order chi connectivity index (χ1) is 8.15. The Morgan fingerprint density at radius 1 is 1.18 bits per heavy atom. The molecule has 2 N–H and O–H groups in total. The Morgan fingerprint density at radius 3 is 2.24 bits per heavy atom. The van der Waals surface area contributed by atoms with Gasteiger partial charge in [0.15, 0.2) is 0 Å². The highest BCUT2D eigenvalue weighted by atomic mass is 16.5. The van der Waals surface area contributed by atoms with E-state index in [1.807, 2.05) is 24.3 Å². The summed E-state index contributed by atoms with van der Waals surface area (Å²) in [4.78, 5) is 0. The van der Waals surface area contributed by atoms with Crippen molar-refractivity contribution in [3.8, 4) is 11.5 Å². The Morgan fingerprint density at radius 2 is 1.76 bits per heavy atom. The molecule has 3 heteroatoms. The van der Waals surface area contributed by atoms with Crippen LogP contribution in [0.5, 0.6) is 11.5 Å². The normalized spacial score (nSPS) is 11.2. The SMILES string of the molecule is COc1ccc(OC)c(C(C)C)c1/C=C/CN. The number of hydrogen-bond acceptors (Lipinski definition) is 3. The average molecular weight is 235 g/mol. The van der Waals surface area contributed by atoms with Crippen molar-refractivity contribution in [3.63, 3.8) is 0 Å². The van der Waals surface area contributed by atoms with E-state index in [9.17, 15) is 0 Å². The largest absolute Gasteiger partial charge is 0.496 e. The molecule has 0 aromatic heterocycles. The van der Waals surface area contributed by atoms with Crippen LogP contribution in [-0.2, 0) is 0 Å². The maximum Gasteiger partial charge on any atom is 0.126 e. The van der Waals surface area contributed by atoms with Gasteiger partial charge in [-0.15, -0.1) is 0 Å². The van der Waals surface area contributed by atoms with Gasteiger partial charge in [-0.1, -0.05) is 26.0 Å². The summed E-state index contributed by atoms with van der Waals surface area (Å²) in [6.45, 7) is 4.78. The van der Waals surface area contributed by atoms with E-state index < -0.39 is 0 Å². The molecule has 1 aromatic rings. The summed E-state index contributed by atoms with van der Waals surface area (Å²) in [5, 5.41) is 0. The van der Waals surface area contributed by atoms with Crippen LogP contribution in [0.1, 0.15) is 30.9 Å². The minimum absolute atomic E-state index is 0.359. The van der Waals surface area contributed by atoms with E-state index in [-0.39, 0.29) is 0 Å². The fourth-order valence-corrected chi connectivity index (χ4v) is 1.91. The van der Waals surface area contributed by atoms with Gasteiger partial charge in [0, 0.05) is 17.7 Å². The summed E-state index contributed by atoms with van der Waals surface area (Å²) in [5.74, 6) is 2.09. The van der Waals surface area contributed by atoms with E-state index in [1.54, 1.807) is 14.2 Å². The molecule has 3 nitrogen and oxygen atoms in total. The molecule has 0 fully saturated rings. The summed E-state index contributed by atoms with van der Waals surface area (Å²) in [7, 11) is 3.36. The number of ether oxygens (including phenoxy) is 2. The van der Waals surface area contributed by atoms with Crippen LogP contribution in [0.15, 0.2) is 18.2 Å². The molecule has 0 aliphatic carbocycles. The standard InChI is InChI=1S/C14H21NO2/c1-10(2)14-11(6-5-9-15)12(16-3)7-8-13(14)17-4/h5-8,10H,9,15H2,1-4H3/b6-5+. The van der Waals surface area contributed by atoms with Gasteiger partial charge >= 0.3 is 0 Å². The number of rotatable bonds is 5. The Balaban J connectivity index is 3.41. The third kappa shape index (κ3) is 3.01. The van der Waals surface area contributed by atoms with Gasteiger partial charge in [0.25, 0.3) is 0 Å². The Labute approximate surface area is 103 Å². The van der Waals surface area contributed by atoms with Crippen LogP contribution in [0.3, 0.4) is 0 Å². The average Bonchev–Trinajstić information content (AvgIpc) is 2.34. The molecule has 0 atom stereocenters. The molecule has 0 aliphatic heterocycles. The molecule has 0 saturated carbocycles. The molecule has 1 rings (SSSR count). The van der Waals surface area contributed by atoms with Crippen LogP contribution in [0, 0.1) is 0 Å². The molecule has 0 heterocycles. The zero-order valence-electron chi connectivity index (χ0n) is 11.0. The van der Waals surface area contributed by atoms with Gasteiger partial charge in [-0.05, 0) is 18.1 Å². The third-order valence-electron chi connectivity index (χ3n) is 2.64. The first-order valence-corrected chi connectivity index (χ1v) is 5.77. The van der Waals surface area contributed by atoms with Crippen molar-refractivity contribution in [3.05, 3.63) is 29.3 Å². The molecule has 94 valence electrons. The highest BCUT2D eigenvalue weighted by Crippen LogP contribution is 2.36. The van der Waals surface area contributed by atoms with Crippen LogP contribution in [0.4, 0.5) is 0 Å². The van der Waals surface area contributed by atoms with Crippen molar-refractivity contribution in [1.82, 2.24) is 0 Å². The van der Waals surface area contributed by atoms with Gasteiger partial charge < -0.3 is 15.2 Å². The summed E-state index contributed by atoms with van der Waals surface area (Å²) in [6.07, 6.45) is 3.92. The summed E-state index contributed by atoms with van der Waals surface area (Å²) >= 11 is 0. The minimum atomic E-state index is 0.359. The van der Waals surface area contributed by atoms with Gasteiger partial charge in [-0.2, -0.15) is 0 Å². The van der Waals surface area contributed by atoms with Crippen LogP contribution in [0.2, 0.25) is 0 Å². The van der Waals surface area contributed by atoms with Gasteiger partial charge in [0.2, 0.25) is 0 Å². The maximum atomic E-state index is 5.51. The highest BCUT2D eigenvalue weighted by molar-refractivity contribution is 5.66. The van der Waals surface area contributed by atoms with Crippen LogP contribution >= 0.6 is 0 Å². The highest BCUT2D eigenvalue weighted by Gasteiger charge is 2.15. The van der Waals surface area contributed by atoms with E-state index in [4.69, 9.17) is 15.2 Å². The zero-order chi connectivity index (χ0) is 12.8. The Kier molecular flexibility index (Phi) is 5.04. The second kappa shape index (κ2) is 6.30. The number of methoxy groups -OCH3 is 2. The van der Waals surface area contributed by atoms with Crippen LogP contribution < -0.4 is 15.2 Å². The summed E-state index contributed by atoms with van der Waals surface area (Å²) in [6, 6.07) is 3.86. The lowest BCUT2D eigenvalue weighted by atomic mass is 9.95. The molecule has 1 aromatic carbocycles. The van der Waals surface area contributed by atoms with Gasteiger partial charge in [0.05, 0.1) is 14.2 Å². The molecular formula is C14H21NO2. The zero-order valence-corrected chi connectivity index (χ0v) is 11.0. The number of nitrogens with two attached hydrogens (primary N) is 1. The lowest BCUT2D eigenvalue weighted by molar-refractivity contribution is 0.396. The second-order valence-electron chi connectivity index (χ2n) is 4.09. The van der Waals surface area contributed by atoms with E-state index in [2.05, 4.69) is 13.8 Å². The summed E-state index contributed by atoms with van der Waals surface area (Å²) in [5.41, 5.74) is 7.70. The first-order valence-electron chi connectivity index (χ1n) is 5.77. The van der Waals surface area contributed by atoms with Crippen molar-refractivity contribution in [2.45, 2.75) is 19.8 Å². The smallest absolute Gasteiger partial charge is 0.126 e. The van der Waals surface area contributed by atoms with Crippen molar-refractivity contribution < 1.29 is 9.47 Å². The fourth-order valence-electron chi connectivity index (χ4n) is 1.91. The molecule has 0 amide bonds. The van der Waals surface area contributed by atoms with Crippen LogP contribution in [-0.4, -0.2) is 20.8 Å². The lowest BCUT2D eigenvalue weighted by Crippen LogP contribution is -2.01. The Hall–Kier alpha value is -1.48. The quantitative estimate of drug-likeness (QED) is 0.853. The van der Waals surface area contributed by atoms with Gasteiger partial charge in [0.1, 0.15) is 11.5 Å². The molecule has 17 heavy (non-hydrogen) atoms. The van der Waals surface area contributed by atoms with Crippen molar-refractivity contribution in [2.24, 2.45) is 5.73 Å². The number of benzene rings is 1.